The Morgan fingerprint density at radius 3 is 1.78 bits per heavy atom. The fourth-order valence-electron chi connectivity index (χ4n) is 1.68. The number of likely N-dealkylation sites (N-methyl/N-ethyl adjacent to an activating group) is 1. The largest absolute Gasteiger partial charge is 0.456 e. The standard InChI is InChI=1S/C11H22N2O.C10H20NO2/c1-6-13(4,5)9-7-8-12-11(14)10(2)3;1-6-11(4,5)7-8-13-10(12)9(2)3/h2,6-9H2,1,3-5H3;2,6-8H2,1,3-5H3/q;+1/p+1. The number of carbonyl (C=O) groups is 2. The lowest BCUT2D eigenvalue weighted by Gasteiger charge is -2.28. The van der Waals surface area contributed by atoms with Crippen molar-refractivity contribution < 1.29 is 23.3 Å². The van der Waals surface area contributed by atoms with Crippen molar-refractivity contribution in [1.29, 1.82) is 0 Å². The van der Waals surface area contributed by atoms with Crippen LogP contribution in [0.4, 0.5) is 0 Å². The molecule has 0 saturated heterocycles. The summed E-state index contributed by atoms with van der Waals surface area (Å²) in [5.74, 6) is -0.331. The predicted octanol–water partition coefficient (Wildman–Crippen LogP) is 2.37. The smallest absolute Gasteiger partial charge is 0.333 e. The lowest BCUT2D eigenvalue weighted by Crippen LogP contribution is -2.42. The van der Waals surface area contributed by atoms with Crippen LogP contribution in [-0.2, 0) is 14.3 Å². The third-order valence-corrected chi connectivity index (χ3v) is 4.60. The number of hydrogen-bond donors (Lipinski definition) is 1. The third kappa shape index (κ3) is 16.3. The Kier molecular flexibility index (Phi) is 13.8. The van der Waals surface area contributed by atoms with Crippen molar-refractivity contribution in [2.75, 3.05) is 67.5 Å². The van der Waals surface area contributed by atoms with Crippen molar-refractivity contribution in [3.63, 3.8) is 0 Å². The first kappa shape index (κ1) is 27.6. The van der Waals surface area contributed by atoms with Crippen molar-refractivity contribution in [2.24, 2.45) is 0 Å². The Morgan fingerprint density at radius 2 is 1.37 bits per heavy atom. The van der Waals surface area contributed by atoms with E-state index >= 15 is 0 Å². The van der Waals surface area contributed by atoms with Gasteiger partial charge in [0, 0.05) is 24.1 Å². The van der Waals surface area contributed by atoms with Crippen LogP contribution in [0.2, 0.25) is 0 Å². The lowest BCUT2D eigenvalue weighted by atomic mass is 10.3. The molecule has 1 amide bonds. The molecule has 0 rings (SSSR count). The minimum Gasteiger partial charge on any atom is -0.456 e. The molecule has 27 heavy (non-hydrogen) atoms. The van der Waals surface area contributed by atoms with Crippen LogP contribution in [-0.4, -0.2) is 88.4 Å². The van der Waals surface area contributed by atoms with Gasteiger partial charge >= 0.3 is 5.97 Å². The van der Waals surface area contributed by atoms with Crippen molar-refractivity contribution in [2.45, 2.75) is 34.1 Å². The number of rotatable bonds is 11. The molecule has 1 N–H and O–H groups in total. The van der Waals surface area contributed by atoms with Crippen LogP contribution in [0.15, 0.2) is 24.3 Å². The zero-order chi connectivity index (χ0) is 21.7. The average molecular weight is 386 g/mol. The molecule has 6 nitrogen and oxygen atoms in total. The van der Waals surface area contributed by atoms with Crippen LogP contribution < -0.4 is 5.32 Å². The molecule has 0 aromatic heterocycles. The quantitative estimate of drug-likeness (QED) is 0.257. The zero-order valence-electron chi connectivity index (χ0n) is 19.0. The van der Waals surface area contributed by atoms with Gasteiger partial charge in [0.15, 0.2) is 0 Å². The van der Waals surface area contributed by atoms with Gasteiger partial charge < -0.3 is 19.0 Å². The van der Waals surface area contributed by atoms with Gasteiger partial charge in [0.2, 0.25) is 5.91 Å². The van der Waals surface area contributed by atoms with E-state index in [0.717, 1.165) is 48.1 Å². The number of nitrogens with zero attached hydrogens (tertiary/aromatic N) is 2. The van der Waals surface area contributed by atoms with E-state index in [1.54, 1.807) is 13.8 Å². The molecule has 6 heteroatoms. The highest BCUT2D eigenvalue weighted by atomic mass is 16.5. The lowest BCUT2D eigenvalue weighted by molar-refractivity contribution is -0.888. The van der Waals surface area contributed by atoms with E-state index in [9.17, 15) is 9.59 Å². The molecule has 0 fully saturated rings. The Balaban J connectivity index is 0. The van der Waals surface area contributed by atoms with E-state index in [0.29, 0.717) is 17.8 Å². The molecule has 0 aliphatic carbocycles. The van der Waals surface area contributed by atoms with Gasteiger partial charge in [-0.2, -0.15) is 0 Å². The molecule has 0 atom stereocenters. The SMILES string of the molecule is C=C(C)C(=O)NCCC[N+](C)(C)CC.C=C(C)C(=O)OCC[N+](C)(C)CC. The van der Waals surface area contributed by atoms with Crippen molar-refractivity contribution >= 4 is 11.9 Å². The molecule has 0 heterocycles. The second-order valence-corrected chi connectivity index (χ2v) is 8.26. The van der Waals surface area contributed by atoms with Gasteiger partial charge in [-0.15, -0.1) is 0 Å². The van der Waals surface area contributed by atoms with E-state index in [1.807, 2.05) is 0 Å². The number of amides is 1. The molecule has 0 bridgehead atoms. The van der Waals surface area contributed by atoms with E-state index in [2.05, 4.69) is 60.5 Å². The number of quaternary nitrogens is 2. The van der Waals surface area contributed by atoms with Crippen molar-refractivity contribution in [3.05, 3.63) is 24.3 Å². The van der Waals surface area contributed by atoms with Gasteiger partial charge in [0.1, 0.15) is 13.2 Å². The van der Waals surface area contributed by atoms with Gasteiger partial charge in [-0.05, 0) is 27.7 Å². The Bertz CT molecular complexity index is 497. The number of ether oxygens (including phenoxy) is 1. The highest BCUT2D eigenvalue weighted by molar-refractivity contribution is 5.92. The van der Waals surface area contributed by atoms with Gasteiger partial charge in [-0.1, -0.05) is 13.2 Å². The molecule has 0 aromatic carbocycles. The summed E-state index contributed by atoms with van der Waals surface area (Å²) in [5, 5.41) is 2.83. The van der Waals surface area contributed by atoms with Crippen LogP contribution >= 0.6 is 0 Å². The molecule has 0 aromatic rings. The molecule has 0 spiro atoms. The summed E-state index contributed by atoms with van der Waals surface area (Å²) < 4.78 is 6.85. The molecular weight excluding hydrogens is 342 g/mol. The van der Waals surface area contributed by atoms with Crippen LogP contribution in [0.1, 0.15) is 34.1 Å². The molecule has 0 aliphatic heterocycles. The summed E-state index contributed by atoms with van der Waals surface area (Å²) in [6, 6.07) is 0. The molecule has 0 unspecified atom stereocenters. The molecule has 0 saturated carbocycles. The monoisotopic (exact) mass is 385 g/mol. The maximum absolute atomic E-state index is 11.1. The number of esters is 1. The summed E-state index contributed by atoms with van der Waals surface area (Å²) >= 11 is 0. The normalized spacial score (nSPS) is 11.1. The van der Waals surface area contributed by atoms with E-state index in [1.165, 1.54) is 0 Å². The maximum atomic E-state index is 11.1. The van der Waals surface area contributed by atoms with E-state index in [4.69, 9.17) is 4.74 Å². The summed E-state index contributed by atoms with van der Waals surface area (Å²) in [7, 11) is 8.60. The van der Waals surface area contributed by atoms with Crippen LogP contribution in [0, 0.1) is 0 Å². The number of carbonyl (C=O) groups excluding carboxylic acids is 2. The van der Waals surface area contributed by atoms with Crippen molar-refractivity contribution in [3.8, 4) is 0 Å². The Labute approximate surface area is 167 Å². The highest BCUT2D eigenvalue weighted by Gasteiger charge is 2.13. The van der Waals surface area contributed by atoms with E-state index < -0.39 is 0 Å². The van der Waals surface area contributed by atoms with Gasteiger partial charge in [0.05, 0.1) is 47.8 Å². The fraction of sp³-hybridized carbons (Fsp3) is 0.714. The zero-order valence-corrected chi connectivity index (χ0v) is 19.0. The first-order chi connectivity index (χ1) is 12.3. The second-order valence-electron chi connectivity index (χ2n) is 8.26. The average Bonchev–Trinajstić information content (AvgIpc) is 2.58. The molecule has 0 radical (unpaired) electrons. The van der Waals surface area contributed by atoms with Crippen molar-refractivity contribution in [1.82, 2.24) is 5.32 Å². The Morgan fingerprint density at radius 1 is 0.889 bits per heavy atom. The summed E-state index contributed by atoms with van der Waals surface area (Å²) in [4.78, 5) is 22.1. The fourth-order valence-corrected chi connectivity index (χ4v) is 1.68. The second kappa shape index (κ2) is 13.5. The van der Waals surface area contributed by atoms with Gasteiger partial charge in [-0.25, -0.2) is 4.79 Å². The summed E-state index contributed by atoms with van der Waals surface area (Å²) in [5.41, 5.74) is 1.04. The highest BCUT2D eigenvalue weighted by Crippen LogP contribution is 1.98. The number of hydrogen-bond acceptors (Lipinski definition) is 3. The maximum Gasteiger partial charge on any atom is 0.333 e. The summed E-state index contributed by atoms with van der Waals surface area (Å²) in [6.07, 6.45) is 1.01. The minimum atomic E-state index is -0.295. The molecular formula is C21H43N3O3+2. The molecule has 0 aliphatic rings. The minimum absolute atomic E-state index is 0.0354. The van der Waals surface area contributed by atoms with Crippen LogP contribution in [0.25, 0.3) is 0 Å². The molecule has 158 valence electrons. The van der Waals surface area contributed by atoms with Gasteiger partial charge in [0.25, 0.3) is 0 Å². The number of nitrogens with one attached hydrogen (secondary N) is 1. The first-order valence-electron chi connectivity index (χ1n) is 9.68. The van der Waals surface area contributed by atoms with Gasteiger partial charge in [-0.3, -0.25) is 4.79 Å². The third-order valence-electron chi connectivity index (χ3n) is 4.60. The van der Waals surface area contributed by atoms with E-state index in [-0.39, 0.29) is 11.9 Å². The predicted molar refractivity (Wildman–Crippen MR) is 113 cm³/mol. The Hall–Kier alpha value is -1.66. The topological polar surface area (TPSA) is 55.4 Å². The van der Waals surface area contributed by atoms with Crippen LogP contribution in [0.3, 0.4) is 0 Å². The summed E-state index contributed by atoms with van der Waals surface area (Å²) in [6.45, 7) is 20.0. The first-order valence-corrected chi connectivity index (χ1v) is 9.68. The van der Waals surface area contributed by atoms with Crippen LogP contribution in [0.5, 0.6) is 0 Å².